The van der Waals surface area contributed by atoms with Gasteiger partial charge in [0.2, 0.25) is 11.8 Å². The normalized spacial score (nSPS) is 11.1. The number of aryl methyl sites for hydroxylation is 1. The van der Waals surface area contributed by atoms with Crippen molar-refractivity contribution in [2.24, 2.45) is 0 Å². The molecule has 7 heteroatoms. The van der Waals surface area contributed by atoms with Crippen LogP contribution in [-0.2, 0) is 14.3 Å². The number of carbonyl (C=O) groups is 3. The van der Waals surface area contributed by atoms with Crippen LogP contribution in [0.25, 0.3) is 6.08 Å². The highest BCUT2D eigenvalue weighted by Gasteiger charge is 2.17. The average molecular weight is 409 g/mol. The highest BCUT2D eigenvalue weighted by molar-refractivity contribution is 6.05. The van der Waals surface area contributed by atoms with E-state index >= 15 is 0 Å². The SMILES string of the molecule is Cc1ccccc1/C=C/C(=O)Nc1ccccc1NC(=O)CNC(=O)OC(C)(C)C. The number of alkyl carbamates (subject to hydrolysis) is 1. The molecule has 0 aliphatic rings. The van der Waals surface area contributed by atoms with Crippen molar-refractivity contribution < 1.29 is 19.1 Å². The minimum Gasteiger partial charge on any atom is -0.444 e. The second-order valence-electron chi connectivity index (χ2n) is 7.63. The van der Waals surface area contributed by atoms with E-state index in [2.05, 4.69) is 16.0 Å². The Bertz CT molecular complexity index is 945. The summed E-state index contributed by atoms with van der Waals surface area (Å²) >= 11 is 0. The average Bonchev–Trinajstić information content (AvgIpc) is 2.66. The van der Waals surface area contributed by atoms with Gasteiger partial charge in [0.05, 0.1) is 11.4 Å². The van der Waals surface area contributed by atoms with Crippen LogP contribution in [0.2, 0.25) is 0 Å². The molecule has 0 spiro atoms. The molecule has 2 rings (SSSR count). The molecule has 0 aliphatic heterocycles. The van der Waals surface area contributed by atoms with Crippen LogP contribution in [0.3, 0.4) is 0 Å². The molecular formula is C23H27N3O4. The van der Waals surface area contributed by atoms with E-state index in [1.54, 1.807) is 51.1 Å². The van der Waals surface area contributed by atoms with E-state index in [4.69, 9.17) is 4.74 Å². The Labute approximate surface area is 176 Å². The monoisotopic (exact) mass is 409 g/mol. The summed E-state index contributed by atoms with van der Waals surface area (Å²) in [5.74, 6) is -0.773. The van der Waals surface area contributed by atoms with Gasteiger partial charge >= 0.3 is 6.09 Å². The van der Waals surface area contributed by atoms with Gasteiger partial charge in [-0.2, -0.15) is 0 Å². The van der Waals surface area contributed by atoms with E-state index in [-0.39, 0.29) is 12.5 Å². The molecule has 0 saturated heterocycles. The first-order chi connectivity index (χ1) is 14.1. The Balaban J connectivity index is 1.95. The Kier molecular flexibility index (Phi) is 7.75. The summed E-state index contributed by atoms with van der Waals surface area (Å²) in [4.78, 5) is 36.1. The lowest BCUT2D eigenvalue weighted by Gasteiger charge is -2.19. The molecule has 2 aromatic carbocycles. The first-order valence-corrected chi connectivity index (χ1v) is 9.54. The van der Waals surface area contributed by atoms with Gasteiger partial charge in [0.25, 0.3) is 0 Å². The maximum Gasteiger partial charge on any atom is 0.408 e. The van der Waals surface area contributed by atoms with Crippen LogP contribution in [0.4, 0.5) is 16.2 Å². The zero-order valence-corrected chi connectivity index (χ0v) is 17.6. The minimum atomic E-state index is -0.680. The van der Waals surface area contributed by atoms with Crippen molar-refractivity contribution in [1.29, 1.82) is 0 Å². The number of amides is 3. The predicted molar refractivity (Wildman–Crippen MR) is 118 cm³/mol. The van der Waals surface area contributed by atoms with E-state index in [9.17, 15) is 14.4 Å². The molecule has 158 valence electrons. The van der Waals surface area contributed by atoms with Gasteiger partial charge in [0.15, 0.2) is 0 Å². The van der Waals surface area contributed by atoms with E-state index in [0.717, 1.165) is 11.1 Å². The van der Waals surface area contributed by atoms with Gasteiger partial charge in [-0.05, 0) is 57.0 Å². The van der Waals surface area contributed by atoms with E-state index in [1.807, 2.05) is 31.2 Å². The fraction of sp³-hybridized carbons (Fsp3) is 0.261. The van der Waals surface area contributed by atoms with Gasteiger partial charge in [-0.25, -0.2) is 4.79 Å². The molecule has 7 nitrogen and oxygen atoms in total. The first kappa shape index (κ1) is 22.7. The van der Waals surface area contributed by atoms with E-state index in [0.29, 0.717) is 11.4 Å². The van der Waals surface area contributed by atoms with Crippen LogP contribution in [0, 0.1) is 6.92 Å². The standard InChI is InChI=1S/C23H27N3O4/c1-16-9-5-6-10-17(16)13-14-20(27)25-18-11-7-8-12-19(18)26-21(28)15-24-22(29)30-23(2,3)4/h5-14H,15H2,1-4H3,(H,24,29)(H,25,27)(H,26,28)/b14-13+. The van der Waals surface area contributed by atoms with Crippen molar-refractivity contribution in [1.82, 2.24) is 5.32 Å². The third-order valence-electron chi connectivity index (χ3n) is 3.85. The summed E-state index contributed by atoms with van der Waals surface area (Å²) in [6.07, 6.45) is 2.49. The lowest BCUT2D eigenvalue weighted by molar-refractivity contribution is -0.115. The molecule has 0 atom stereocenters. The molecule has 0 fully saturated rings. The van der Waals surface area contributed by atoms with Gasteiger partial charge in [0, 0.05) is 6.08 Å². The predicted octanol–water partition coefficient (Wildman–Crippen LogP) is 4.11. The van der Waals surface area contributed by atoms with Gasteiger partial charge in [-0.3, -0.25) is 9.59 Å². The molecule has 0 heterocycles. The largest absolute Gasteiger partial charge is 0.444 e. The van der Waals surface area contributed by atoms with Gasteiger partial charge in [0.1, 0.15) is 12.1 Å². The van der Waals surface area contributed by atoms with Crippen LogP contribution < -0.4 is 16.0 Å². The number of hydrogen-bond donors (Lipinski definition) is 3. The summed E-state index contributed by atoms with van der Waals surface area (Å²) in [6, 6.07) is 14.5. The van der Waals surface area contributed by atoms with E-state index < -0.39 is 17.6 Å². The third-order valence-corrected chi connectivity index (χ3v) is 3.85. The van der Waals surface area contributed by atoms with Crippen LogP contribution >= 0.6 is 0 Å². The fourth-order valence-electron chi connectivity index (χ4n) is 2.48. The second-order valence-corrected chi connectivity index (χ2v) is 7.63. The molecule has 0 radical (unpaired) electrons. The molecular weight excluding hydrogens is 382 g/mol. The summed E-state index contributed by atoms with van der Waals surface area (Å²) in [5, 5.41) is 7.81. The highest BCUT2D eigenvalue weighted by atomic mass is 16.6. The third kappa shape index (κ3) is 7.79. The molecule has 0 saturated carbocycles. The van der Waals surface area contributed by atoms with E-state index in [1.165, 1.54) is 6.08 Å². The van der Waals surface area contributed by atoms with Gasteiger partial charge < -0.3 is 20.7 Å². The second kappa shape index (κ2) is 10.2. The van der Waals surface area contributed by atoms with Crippen molar-refractivity contribution in [2.45, 2.75) is 33.3 Å². The lowest BCUT2D eigenvalue weighted by Crippen LogP contribution is -2.37. The molecule has 30 heavy (non-hydrogen) atoms. The Morgan fingerprint density at radius 2 is 1.53 bits per heavy atom. The summed E-state index contributed by atoms with van der Waals surface area (Å²) in [5.41, 5.74) is 2.23. The van der Waals surface area contributed by atoms with Gasteiger partial charge in [-0.15, -0.1) is 0 Å². The quantitative estimate of drug-likeness (QED) is 0.626. The highest BCUT2D eigenvalue weighted by Crippen LogP contribution is 2.21. The van der Waals surface area contributed by atoms with Crippen molar-refractivity contribution >= 4 is 35.4 Å². The number of rotatable bonds is 6. The summed E-state index contributed by atoms with van der Waals surface area (Å²) in [6.45, 7) is 6.91. The topological polar surface area (TPSA) is 96.5 Å². The van der Waals surface area contributed by atoms with Crippen LogP contribution in [0.5, 0.6) is 0 Å². The molecule has 3 N–H and O–H groups in total. The number of benzene rings is 2. The lowest BCUT2D eigenvalue weighted by atomic mass is 10.1. The zero-order valence-electron chi connectivity index (χ0n) is 17.6. The number of ether oxygens (including phenoxy) is 1. The minimum absolute atomic E-state index is 0.260. The molecule has 3 amide bonds. The Morgan fingerprint density at radius 3 is 2.17 bits per heavy atom. The Hall–Kier alpha value is -3.61. The molecule has 0 aromatic heterocycles. The fourth-order valence-corrected chi connectivity index (χ4v) is 2.48. The zero-order chi connectivity index (χ0) is 22.1. The van der Waals surface area contributed by atoms with Crippen molar-refractivity contribution in [3.05, 3.63) is 65.7 Å². The van der Waals surface area contributed by atoms with Crippen molar-refractivity contribution in [3.8, 4) is 0 Å². The number of anilines is 2. The number of para-hydroxylation sites is 2. The van der Waals surface area contributed by atoms with Crippen LogP contribution in [-0.4, -0.2) is 30.1 Å². The van der Waals surface area contributed by atoms with Crippen LogP contribution in [0.1, 0.15) is 31.9 Å². The summed E-state index contributed by atoms with van der Waals surface area (Å²) in [7, 11) is 0. The maximum atomic E-state index is 12.3. The molecule has 0 unspecified atom stereocenters. The number of hydrogen-bond acceptors (Lipinski definition) is 4. The Morgan fingerprint density at radius 1 is 0.933 bits per heavy atom. The van der Waals surface area contributed by atoms with Crippen molar-refractivity contribution in [2.75, 3.05) is 17.2 Å². The summed E-state index contributed by atoms with van der Waals surface area (Å²) < 4.78 is 5.09. The van der Waals surface area contributed by atoms with Crippen molar-refractivity contribution in [3.63, 3.8) is 0 Å². The molecule has 2 aromatic rings. The van der Waals surface area contributed by atoms with Gasteiger partial charge in [-0.1, -0.05) is 36.4 Å². The molecule has 0 bridgehead atoms. The first-order valence-electron chi connectivity index (χ1n) is 9.54. The maximum absolute atomic E-state index is 12.3. The van der Waals surface area contributed by atoms with Crippen LogP contribution in [0.15, 0.2) is 54.6 Å². The number of nitrogens with one attached hydrogen (secondary N) is 3. The molecule has 0 aliphatic carbocycles. The number of carbonyl (C=O) groups excluding carboxylic acids is 3. The smallest absolute Gasteiger partial charge is 0.408 e.